The zero-order chi connectivity index (χ0) is 19.5. The molecule has 2 heterocycles. The zero-order valence-electron chi connectivity index (χ0n) is 16.6. The largest absolute Gasteiger partial charge is 0.495 e. The number of benzene rings is 1. The summed E-state index contributed by atoms with van der Waals surface area (Å²) in [5.41, 5.74) is 3.81. The van der Waals surface area contributed by atoms with Gasteiger partial charge in [-0.1, -0.05) is 6.07 Å². The van der Waals surface area contributed by atoms with Crippen molar-refractivity contribution in [1.29, 1.82) is 0 Å². The summed E-state index contributed by atoms with van der Waals surface area (Å²) in [6, 6.07) is 6.06. The van der Waals surface area contributed by atoms with Gasteiger partial charge in [-0.2, -0.15) is 15.4 Å². The number of carbonyl (C=O) groups is 1. The summed E-state index contributed by atoms with van der Waals surface area (Å²) >= 11 is 0. The highest BCUT2D eigenvalue weighted by molar-refractivity contribution is 5.94. The molecular formula is C20H28N6O2. The maximum Gasteiger partial charge on any atom is 0.227 e. The number of methoxy groups -OCH3 is 1. The van der Waals surface area contributed by atoms with Crippen LogP contribution in [0, 0.1) is 5.92 Å². The van der Waals surface area contributed by atoms with Crippen molar-refractivity contribution in [2.24, 2.45) is 5.92 Å². The number of ether oxygens (including phenoxy) is 1. The SMILES string of the molecule is COc1ccc(CN2CCN(C)CC2)cc1NC(=O)C1CCc2n[nH]nc2C1. The monoisotopic (exact) mass is 384 g/mol. The Morgan fingerprint density at radius 2 is 2.04 bits per heavy atom. The number of anilines is 1. The molecule has 1 aliphatic carbocycles. The van der Waals surface area contributed by atoms with Crippen LogP contribution in [0.25, 0.3) is 0 Å². The smallest absolute Gasteiger partial charge is 0.227 e. The molecule has 2 aliphatic rings. The molecule has 0 spiro atoms. The molecular weight excluding hydrogens is 356 g/mol. The number of hydrogen-bond donors (Lipinski definition) is 2. The predicted octanol–water partition coefficient (Wildman–Crippen LogP) is 1.30. The molecule has 0 radical (unpaired) electrons. The van der Waals surface area contributed by atoms with Gasteiger partial charge in [-0.15, -0.1) is 0 Å². The van der Waals surface area contributed by atoms with Crippen LogP contribution in [0.5, 0.6) is 5.75 Å². The van der Waals surface area contributed by atoms with E-state index in [1.165, 1.54) is 5.56 Å². The zero-order valence-corrected chi connectivity index (χ0v) is 16.6. The number of aryl methyl sites for hydroxylation is 1. The Labute approximate surface area is 165 Å². The lowest BCUT2D eigenvalue weighted by molar-refractivity contribution is -0.120. The van der Waals surface area contributed by atoms with Gasteiger partial charge in [0, 0.05) is 45.1 Å². The van der Waals surface area contributed by atoms with E-state index in [0.717, 1.165) is 62.6 Å². The number of rotatable bonds is 5. The van der Waals surface area contributed by atoms with Crippen LogP contribution >= 0.6 is 0 Å². The molecule has 0 bridgehead atoms. The number of carbonyl (C=O) groups excluding carboxylic acids is 1. The van der Waals surface area contributed by atoms with Crippen molar-refractivity contribution in [1.82, 2.24) is 25.2 Å². The minimum Gasteiger partial charge on any atom is -0.495 e. The average molecular weight is 384 g/mol. The molecule has 1 atom stereocenters. The fourth-order valence-electron chi connectivity index (χ4n) is 3.96. The van der Waals surface area contributed by atoms with Gasteiger partial charge in [-0.25, -0.2) is 0 Å². The first-order chi connectivity index (χ1) is 13.6. The van der Waals surface area contributed by atoms with E-state index in [9.17, 15) is 4.79 Å². The average Bonchev–Trinajstić information content (AvgIpc) is 3.18. The van der Waals surface area contributed by atoms with Crippen LogP contribution in [0.1, 0.15) is 23.4 Å². The van der Waals surface area contributed by atoms with E-state index in [1.807, 2.05) is 12.1 Å². The Hall–Kier alpha value is -2.45. The number of nitrogens with one attached hydrogen (secondary N) is 2. The third-order valence-electron chi connectivity index (χ3n) is 5.77. The van der Waals surface area contributed by atoms with Gasteiger partial charge in [0.1, 0.15) is 5.75 Å². The van der Waals surface area contributed by atoms with Gasteiger partial charge in [0.25, 0.3) is 0 Å². The minimum absolute atomic E-state index is 0.0173. The second kappa shape index (κ2) is 8.28. The van der Waals surface area contributed by atoms with E-state index >= 15 is 0 Å². The van der Waals surface area contributed by atoms with Gasteiger partial charge in [0.2, 0.25) is 5.91 Å². The van der Waals surface area contributed by atoms with Crippen molar-refractivity contribution in [3.63, 3.8) is 0 Å². The molecule has 8 nitrogen and oxygen atoms in total. The highest BCUT2D eigenvalue weighted by atomic mass is 16.5. The van der Waals surface area contributed by atoms with E-state index in [2.05, 4.69) is 43.6 Å². The van der Waals surface area contributed by atoms with Gasteiger partial charge in [0.15, 0.2) is 0 Å². The highest BCUT2D eigenvalue weighted by Gasteiger charge is 2.28. The van der Waals surface area contributed by atoms with Crippen molar-refractivity contribution in [2.75, 3.05) is 45.7 Å². The third-order valence-corrected chi connectivity index (χ3v) is 5.77. The van der Waals surface area contributed by atoms with E-state index < -0.39 is 0 Å². The van der Waals surface area contributed by atoms with Crippen molar-refractivity contribution >= 4 is 11.6 Å². The molecule has 1 amide bonds. The van der Waals surface area contributed by atoms with Crippen LogP contribution in [-0.4, -0.2) is 71.5 Å². The maximum atomic E-state index is 12.9. The Balaban J connectivity index is 1.43. The molecule has 1 aromatic heterocycles. The van der Waals surface area contributed by atoms with E-state index in [-0.39, 0.29) is 11.8 Å². The molecule has 1 fully saturated rings. The third kappa shape index (κ3) is 4.18. The summed E-state index contributed by atoms with van der Waals surface area (Å²) in [5, 5.41) is 14.1. The van der Waals surface area contributed by atoms with E-state index in [0.29, 0.717) is 12.2 Å². The van der Waals surface area contributed by atoms with Crippen LogP contribution in [0.3, 0.4) is 0 Å². The number of likely N-dealkylation sites (N-methyl/N-ethyl adjacent to an activating group) is 1. The molecule has 1 unspecified atom stereocenters. The first-order valence-corrected chi connectivity index (χ1v) is 9.89. The molecule has 1 aliphatic heterocycles. The van der Waals surface area contributed by atoms with E-state index in [1.54, 1.807) is 7.11 Å². The molecule has 28 heavy (non-hydrogen) atoms. The fraction of sp³-hybridized carbons (Fsp3) is 0.550. The first kappa shape index (κ1) is 18.9. The first-order valence-electron chi connectivity index (χ1n) is 9.89. The number of amides is 1. The van der Waals surface area contributed by atoms with Gasteiger partial charge in [-0.05, 0) is 37.6 Å². The number of H-pyrrole nitrogens is 1. The van der Waals surface area contributed by atoms with Crippen molar-refractivity contribution in [3.05, 3.63) is 35.2 Å². The Morgan fingerprint density at radius 1 is 1.25 bits per heavy atom. The molecule has 8 heteroatoms. The van der Waals surface area contributed by atoms with Gasteiger partial charge >= 0.3 is 0 Å². The number of nitrogens with zero attached hydrogens (tertiary/aromatic N) is 4. The molecule has 4 rings (SSSR count). The second-order valence-electron chi connectivity index (χ2n) is 7.76. The summed E-state index contributed by atoms with van der Waals surface area (Å²) in [5.74, 6) is 0.612. The molecule has 2 N–H and O–H groups in total. The summed E-state index contributed by atoms with van der Waals surface area (Å²) in [6.45, 7) is 5.18. The minimum atomic E-state index is -0.0939. The molecule has 150 valence electrons. The van der Waals surface area contributed by atoms with Crippen LogP contribution in [0.2, 0.25) is 0 Å². The fourth-order valence-corrected chi connectivity index (χ4v) is 3.96. The summed E-state index contributed by atoms with van der Waals surface area (Å²) in [6.07, 6.45) is 2.19. The summed E-state index contributed by atoms with van der Waals surface area (Å²) < 4.78 is 5.47. The normalized spacial score (nSPS) is 20.6. The maximum absolute atomic E-state index is 12.9. The summed E-state index contributed by atoms with van der Waals surface area (Å²) in [4.78, 5) is 17.7. The summed E-state index contributed by atoms with van der Waals surface area (Å²) in [7, 11) is 3.79. The van der Waals surface area contributed by atoms with Crippen molar-refractivity contribution < 1.29 is 9.53 Å². The number of aromatic amines is 1. The lowest BCUT2D eigenvalue weighted by Crippen LogP contribution is -2.43. The molecule has 1 saturated heterocycles. The molecule has 0 saturated carbocycles. The van der Waals surface area contributed by atoms with E-state index in [4.69, 9.17) is 4.74 Å². The van der Waals surface area contributed by atoms with Crippen LogP contribution in [0.4, 0.5) is 5.69 Å². The topological polar surface area (TPSA) is 86.4 Å². The lowest BCUT2D eigenvalue weighted by atomic mass is 9.89. The Morgan fingerprint density at radius 3 is 2.82 bits per heavy atom. The Kier molecular flexibility index (Phi) is 5.59. The molecule has 2 aromatic rings. The number of hydrogen-bond acceptors (Lipinski definition) is 6. The number of fused-ring (bicyclic) bond motifs is 1. The van der Waals surface area contributed by atoms with Gasteiger partial charge in [0.05, 0.1) is 24.2 Å². The highest BCUT2D eigenvalue weighted by Crippen LogP contribution is 2.29. The quantitative estimate of drug-likeness (QED) is 0.808. The second-order valence-corrected chi connectivity index (χ2v) is 7.76. The number of aromatic nitrogens is 3. The van der Waals surface area contributed by atoms with Crippen molar-refractivity contribution in [3.8, 4) is 5.75 Å². The van der Waals surface area contributed by atoms with Crippen molar-refractivity contribution in [2.45, 2.75) is 25.8 Å². The van der Waals surface area contributed by atoms with Crippen LogP contribution in [-0.2, 0) is 24.2 Å². The standard InChI is InChI=1S/C20H28N6O2/c1-25-7-9-26(10-8-25)13-14-3-6-19(28-2)18(11-14)21-20(27)15-4-5-16-17(12-15)23-24-22-16/h3,6,11,15H,4-5,7-10,12-13H2,1-2H3,(H,21,27)(H,22,23,24). The number of piperazine rings is 1. The molecule has 1 aromatic carbocycles. The van der Waals surface area contributed by atoms with Gasteiger partial charge < -0.3 is 15.0 Å². The van der Waals surface area contributed by atoms with Crippen LogP contribution < -0.4 is 10.1 Å². The Bertz CT molecular complexity index is 828. The predicted molar refractivity (Wildman–Crippen MR) is 106 cm³/mol. The van der Waals surface area contributed by atoms with Crippen LogP contribution in [0.15, 0.2) is 18.2 Å². The lowest BCUT2D eigenvalue weighted by Gasteiger charge is -2.32. The van der Waals surface area contributed by atoms with Gasteiger partial charge in [-0.3, -0.25) is 9.69 Å².